The minimum atomic E-state index is -1.92. The summed E-state index contributed by atoms with van der Waals surface area (Å²) in [4.78, 5) is 29.9. The van der Waals surface area contributed by atoms with Crippen molar-refractivity contribution in [2.45, 2.75) is 18.8 Å². The van der Waals surface area contributed by atoms with Gasteiger partial charge in [0.25, 0.3) is 5.91 Å². The van der Waals surface area contributed by atoms with Gasteiger partial charge in [-0.15, -0.1) is 0 Å². The Hall–Kier alpha value is -3.40. The lowest BCUT2D eigenvalue weighted by molar-refractivity contribution is 0.0219. The monoisotopic (exact) mass is 428 g/mol. The number of nitrogens with zero attached hydrogens (tertiary/aromatic N) is 3. The predicted molar refractivity (Wildman–Crippen MR) is 116 cm³/mol. The summed E-state index contributed by atoms with van der Waals surface area (Å²) in [5.74, 6) is -0.654. The van der Waals surface area contributed by atoms with Gasteiger partial charge in [-0.25, -0.2) is 19.8 Å². The molecule has 0 bridgehead atoms. The van der Waals surface area contributed by atoms with Crippen LogP contribution in [-0.4, -0.2) is 56.3 Å². The molecule has 3 aromatic rings. The number of nitrogens with one attached hydrogen (secondary N) is 1. The fraction of sp³-hybridized carbons (Fsp3) is 0.200. The molecule has 3 rings (SSSR count). The predicted octanol–water partition coefficient (Wildman–Crippen LogP) is 1.43. The first-order valence-electron chi connectivity index (χ1n) is 9.42. The SMILES string of the molecule is [B]C([B])([B])Oc1ccc(F)c(CONC(=O)c2cncc(-c3ccc(OCC)nc3)n2)c1. The number of hydrogen-bond acceptors (Lipinski definition) is 7. The van der Waals surface area contributed by atoms with Gasteiger partial charge in [0, 0.05) is 23.4 Å². The molecule has 0 unspecified atom stereocenters. The molecule has 156 valence electrons. The van der Waals surface area contributed by atoms with E-state index in [0.29, 0.717) is 23.7 Å². The first-order chi connectivity index (χ1) is 15.2. The summed E-state index contributed by atoms with van der Waals surface area (Å²) in [6.45, 7) is 2.04. The van der Waals surface area contributed by atoms with Gasteiger partial charge < -0.3 is 9.47 Å². The summed E-state index contributed by atoms with van der Waals surface area (Å²) in [6, 6.07) is 7.16. The zero-order valence-corrected chi connectivity index (χ0v) is 17.1. The van der Waals surface area contributed by atoms with E-state index in [9.17, 15) is 9.18 Å². The number of amides is 1. The largest absolute Gasteiger partial charge is 0.516 e. The summed E-state index contributed by atoms with van der Waals surface area (Å²) in [6.07, 6.45) is 4.31. The van der Waals surface area contributed by atoms with Gasteiger partial charge in [-0.3, -0.25) is 14.6 Å². The lowest BCUT2D eigenvalue weighted by Crippen LogP contribution is -2.37. The van der Waals surface area contributed by atoms with Gasteiger partial charge in [0.15, 0.2) is 0 Å². The fourth-order valence-corrected chi connectivity index (χ4v) is 2.54. The molecule has 8 nitrogen and oxygen atoms in total. The molecule has 0 saturated carbocycles. The van der Waals surface area contributed by atoms with Crippen molar-refractivity contribution in [2.24, 2.45) is 0 Å². The Morgan fingerprint density at radius 1 is 1.16 bits per heavy atom. The quantitative estimate of drug-likeness (QED) is 0.407. The van der Waals surface area contributed by atoms with Crippen LogP contribution < -0.4 is 15.0 Å². The zero-order valence-electron chi connectivity index (χ0n) is 17.1. The number of ether oxygens (including phenoxy) is 2. The Bertz CT molecular complexity index is 1080. The molecule has 0 aliphatic rings. The Morgan fingerprint density at radius 3 is 2.66 bits per heavy atom. The molecule has 1 N–H and O–H groups in total. The second-order valence-electron chi connectivity index (χ2n) is 6.54. The van der Waals surface area contributed by atoms with E-state index in [2.05, 4.69) is 20.4 Å². The van der Waals surface area contributed by atoms with Crippen molar-refractivity contribution in [1.82, 2.24) is 20.4 Å². The molecular weight excluding hydrogens is 412 g/mol. The van der Waals surface area contributed by atoms with E-state index >= 15 is 0 Å². The third-order valence-electron chi connectivity index (χ3n) is 3.90. The van der Waals surface area contributed by atoms with Crippen molar-refractivity contribution in [3.05, 3.63) is 66.0 Å². The maximum Gasteiger partial charge on any atom is 0.295 e. The standard InChI is InChI=1S/C20H16B3FN4O4/c1-2-30-18-6-3-12(8-26-18)16-9-25-10-17(27-16)19(29)28-31-11-13-7-14(4-5-15(13)24)32-20(21,22)23/h3-10H,2,11H2,1H3,(H,28,29). The first kappa shape index (κ1) is 23.3. The van der Waals surface area contributed by atoms with E-state index in [-0.39, 0.29) is 23.6 Å². The normalized spacial score (nSPS) is 11.1. The molecule has 2 aromatic heterocycles. The summed E-state index contributed by atoms with van der Waals surface area (Å²) < 4.78 is 24.3. The van der Waals surface area contributed by atoms with Crippen LogP contribution >= 0.6 is 0 Å². The zero-order chi connectivity index (χ0) is 23.1. The van der Waals surface area contributed by atoms with Crippen LogP contribution in [0, 0.1) is 5.82 Å². The van der Waals surface area contributed by atoms with Crippen molar-refractivity contribution >= 4 is 29.4 Å². The summed E-state index contributed by atoms with van der Waals surface area (Å²) in [5.41, 5.74) is 3.33. The van der Waals surface area contributed by atoms with Gasteiger partial charge >= 0.3 is 0 Å². The van der Waals surface area contributed by atoms with Crippen LogP contribution in [0.3, 0.4) is 0 Å². The van der Waals surface area contributed by atoms with Crippen molar-refractivity contribution in [2.75, 3.05) is 6.61 Å². The average Bonchev–Trinajstić information content (AvgIpc) is 2.76. The maximum atomic E-state index is 14.0. The number of benzene rings is 1. The summed E-state index contributed by atoms with van der Waals surface area (Å²) in [5, 5.41) is -1.92. The summed E-state index contributed by atoms with van der Waals surface area (Å²) >= 11 is 0. The Morgan fingerprint density at radius 2 is 1.97 bits per heavy atom. The van der Waals surface area contributed by atoms with E-state index in [4.69, 9.17) is 37.9 Å². The van der Waals surface area contributed by atoms with Crippen molar-refractivity contribution in [1.29, 1.82) is 0 Å². The van der Waals surface area contributed by atoms with Crippen molar-refractivity contribution < 1.29 is 23.5 Å². The number of hydroxylamine groups is 1. The number of pyridine rings is 1. The highest BCUT2D eigenvalue weighted by molar-refractivity contribution is 6.58. The molecule has 12 heteroatoms. The van der Waals surface area contributed by atoms with Gasteiger partial charge in [0.2, 0.25) is 5.88 Å². The third kappa shape index (κ3) is 6.55. The van der Waals surface area contributed by atoms with Crippen LogP contribution in [0.1, 0.15) is 23.0 Å². The van der Waals surface area contributed by atoms with Gasteiger partial charge in [0.1, 0.15) is 47.4 Å². The van der Waals surface area contributed by atoms with Crippen LogP contribution in [0.15, 0.2) is 48.9 Å². The van der Waals surface area contributed by atoms with Gasteiger partial charge in [-0.05, 0) is 36.5 Å². The van der Waals surface area contributed by atoms with Crippen LogP contribution in [0.2, 0.25) is 0 Å². The molecule has 1 amide bonds. The van der Waals surface area contributed by atoms with Crippen LogP contribution in [0.25, 0.3) is 11.3 Å². The highest BCUT2D eigenvalue weighted by Gasteiger charge is 2.14. The topological polar surface area (TPSA) is 95.5 Å². The second-order valence-corrected chi connectivity index (χ2v) is 6.54. The lowest BCUT2D eigenvalue weighted by atomic mass is 9.52. The molecule has 0 spiro atoms. The van der Waals surface area contributed by atoms with Crippen LogP contribution in [0.4, 0.5) is 4.39 Å². The highest BCUT2D eigenvalue weighted by Crippen LogP contribution is 2.20. The molecule has 0 atom stereocenters. The number of rotatable bonds is 9. The first-order valence-corrected chi connectivity index (χ1v) is 9.42. The fourth-order valence-electron chi connectivity index (χ4n) is 2.54. The molecule has 0 fully saturated rings. The maximum absolute atomic E-state index is 14.0. The van der Waals surface area contributed by atoms with Crippen LogP contribution in [0.5, 0.6) is 11.6 Å². The molecule has 6 radical (unpaired) electrons. The van der Waals surface area contributed by atoms with Gasteiger partial charge in [-0.1, -0.05) is 0 Å². The van der Waals surface area contributed by atoms with Crippen LogP contribution in [-0.2, 0) is 11.4 Å². The van der Waals surface area contributed by atoms with E-state index < -0.39 is 17.0 Å². The number of carbonyl (C=O) groups excluding carboxylic acids is 1. The summed E-state index contributed by atoms with van der Waals surface area (Å²) in [7, 11) is 16.1. The minimum absolute atomic E-state index is 0.00637. The Balaban J connectivity index is 1.62. The average molecular weight is 428 g/mol. The molecule has 0 aliphatic heterocycles. The number of carbonyl (C=O) groups is 1. The molecule has 2 heterocycles. The third-order valence-corrected chi connectivity index (χ3v) is 3.90. The Labute approximate surface area is 188 Å². The second kappa shape index (κ2) is 10.3. The van der Waals surface area contributed by atoms with Crippen molar-refractivity contribution in [3.8, 4) is 22.9 Å². The number of hydrogen-bond donors (Lipinski definition) is 1. The minimum Gasteiger partial charge on any atom is -0.516 e. The highest BCUT2D eigenvalue weighted by atomic mass is 19.1. The van der Waals surface area contributed by atoms with E-state index in [1.165, 1.54) is 24.5 Å². The molecule has 0 aliphatic carbocycles. The molecule has 0 saturated heterocycles. The lowest BCUT2D eigenvalue weighted by Gasteiger charge is -2.23. The van der Waals surface area contributed by atoms with Crippen molar-refractivity contribution in [3.63, 3.8) is 0 Å². The molecule has 32 heavy (non-hydrogen) atoms. The molecular formula is C20H16B3FN4O4. The molecule has 1 aromatic carbocycles. The number of aromatic nitrogens is 3. The van der Waals surface area contributed by atoms with Gasteiger partial charge in [0.05, 0.1) is 24.7 Å². The van der Waals surface area contributed by atoms with E-state index in [0.717, 1.165) is 6.07 Å². The van der Waals surface area contributed by atoms with Gasteiger partial charge in [-0.2, -0.15) is 0 Å². The smallest absolute Gasteiger partial charge is 0.295 e. The van der Waals surface area contributed by atoms with E-state index in [1.807, 2.05) is 6.92 Å². The number of halogens is 1. The van der Waals surface area contributed by atoms with E-state index in [1.54, 1.807) is 18.3 Å². The Kier molecular flexibility index (Phi) is 7.47.